The summed E-state index contributed by atoms with van der Waals surface area (Å²) in [5, 5.41) is 8.73. The minimum absolute atomic E-state index is 0.0154. The van der Waals surface area contributed by atoms with Crippen LogP contribution in [-0.2, 0) is 16.4 Å². The van der Waals surface area contributed by atoms with E-state index in [0.29, 0.717) is 6.07 Å². The lowest BCUT2D eigenvalue weighted by Crippen LogP contribution is -2.16. The Bertz CT molecular complexity index is 773. The van der Waals surface area contributed by atoms with Crippen LogP contribution in [0.1, 0.15) is 10.4 Å². The lowest BCUT2D eigenvalue weighted by Gasteiger charge is -2.08. The first-order chi connectivity index (χ1) is 9.83. The molecule has 0 saturated carbocycles. The summed E-state index contributed by atoms with van der Waals surface area (Å²) < 4.78 is 52.7. The van der Waals surface area contributed by atoms with Crippen LogP contribution in [-0.4, -0.2) is 34.8 Å². The number of imidazole rings is 1. The molecule has 0 bridgehead atoms. The van der Waals surface area contributed by atoms with Crippen molar-refractivity contribution in [2.24, 2.45) is 0 Å². The Balaban J connectivity index is 2.36. The van der Waals surface area contributed by atoms with E-state index in [1.165, 1.54) is 23.3 Å². The van der Waals surface area contributed by atoms with Crippen LogP contribution >= 0.6 is 0 Å². The summed E-state index contributed by atoms with van der Waals surface area (Å²) in [6.45, 7) is 0.0154. The third kappa shape index (κ3) is 3.07. The third-order valence-corrected chi connectivity index (χ3v) is 4.49. The number of aromatic carboxylic acids is 1. The van der Waals surface area contributed by atoms with Gasteiger partial charge in [0.2, 0.25) is 0 Å². The number of hydrogen-bond acceptors (Lipinski definition) is 4. The van der Waals surface area contributed by atoms with Gasteiger partial charge in [0, 0.05) is 18.9 Å². The second-order valence-electron chi connectivity index (χ2n) is 4.16. The highest BCUT2D eigenvalue weighted by Gasteiger charge is 2.26. The first-order valence-electron chi connectivity index (χ1n) is 5.72. The zero-order valence-electron chi connectivity index (χ0n) is 10.5. The lowest BCUT2D eigenvalue weighted by molar-refractivity contribution is 0.0685. The number of carboxylic acids is 1. The molecule has 2 aromatic rings. The van der Waals surface area contributed by atoms with E-state index in [0.717, 1.165) is 6.07 Å². The maximum absolute atomic E-state index is 13.9. The molecule has 0 unspecified atom stereocenters. The maximum Gasteiger partial charge on any atom is 0.341 e. The van der Waals surface area contributed by atoms with Crippen molar-refractivity contribution in [2.45, 2.75) is 11.4 Å². The summed E-state index contributed by atoms with van der Waals surface area (Å²) in [5.74, 6) is -5.25. The Hall–Kier alpha value is -2.29. The summed E-state index contributed by atoms with van der Waals surface area (Å²) in [6.07, 6.45) is 4.37. The van der Waals surface area contributed by atoms with E-state index in [1.54, 1.807) is 0 Å². The van der Waals surface area contributed by atoms with Crippen molar-refractivity contribution in [3.8, 4) is 0 Å². The Morgan fingerprint density at radius 1 is 1.33 bits per heavy atom. The van der Waals surface area contributed by atoms with E-state index in [4.69, 9.17) is 5.11 Å². The second kappa shape index (κ2) is 5.60. The zero-order valence-corrected chi connectivity index (χ0v) is 11.3. The van der Waals surface area contributed by atoms with E-state index in [2.05, 4.69) is 4.98 Å². The molecular weight excluding hydrogens is 306 g/mol. The molecule has 1 N–H and O–H groups in total. The van der Waals surface area contributed by atoms with Gasteiger partial charge in [-0.05, 0) is 12.1 Å². The highest BCUT2D eigenvalue weighted by Crippen LogP contribution is 2.22. The first kappa shape index (κ1) is 15.1. The van der Waals surface area contributed by atoms with Gasteiger partial charge in [0.05, 0.1) is 12.1 Å². The monoisotopic (exact) mass is 316 g/mol. The van der Waals surface area contributed by atoms with Crippen LogP contribution in [0, 0.1) is 11.6 Å². The molecule has 0 spiro atoms. The summed E-state index contributed by atoms with van der Waals surface area (Å²) >= 11 is 0. The minimum Gasteiger partial charge on any atom is -0.477 e. The minimum atomic E-state index is -4.09. The Labute approximate surface area is 118 Å². The van der Waals surface area contributed by atoms with Crippen molar-refractivity contribution in [1.29, 1.82) is 0 Å². The van der Waals surface area contributed by atoms with Crippen LogP contribution in [0.5, 0.6) is 0 Å². The SMILES string of the molecule is O=C(O)c1c(F)ccc(S(=O)(=O)CCn2ccnc2)c1F. The highest BCUT2D eigenvalue weighted by molar-refractivity contribution is 7.91. The van der Waals surface area contributed by atoms with Gasteiger partial charge in [0.25, 0.3) is 0 Å². The molecule has 2 rings (SSSR count). The van der Waals surface area contributed by atoms with E-state index < -0.39 is 43.7 Å². The molecule has 1 aromatic carbocycles. The lowest BCUT2D eigenvalue weighted by atomic mass is 10.2. The second-order valence-corrected chi connectivity index (χ2v) is 6.24. The molecule has 0 aliphatic heterocycles. The largest absolute Gasteiger partial charge is 0.477 e. The van der Waals surface area contributed by atoms with E-state index in [1.807, 2.05) is 0 Å². The number of rotatable bonds is 5. The van der Waals surface area contributed by atoms with E-state index in [9.17, 15) is 22.0 Å². The quantitative estimate of drug-likeness (QED) is 0.841. The van der Waals surface area contributed by atoms with Gasteiger partial charge in [-0.2, -0.15) is 0 Å². The number of sulfone groups is 1. The van der Waals surface area contributed by atoms with E-state index >= 15 is 0 Å². The van der Waals surface area contributed by atoms with Crippen molar-refractivity contribution in [3.63, 3.8) is 0 Å². The third-order valence-electron chi connectivity index (χ3n) is 2.78. The number of aryl methyl sites for hydroxylation is 1. The Kier molecular flexibility index (Phi) is 4.03. The van der Waals surface area contributed by atoms with Crippen LogP contribution in [0.3, 0.4) is 0 Å². The van der Waals surface area contributed by atoms with Crippen molar-refractivity contribution in [3.05, 3.63) is 48.1 Å². The molecule has 6 nitrogen and oxygen atoms in total. The van der Waals surface area contributed by atoms with Gasteiger partial charge in [-0.3, -0.25) is 0 Å². The summed E-state index contributed by atoms with van der Waals surface area (Å²) in [6, 6.07) is 1.34. The van der Waals surface area contributed by atoms with Crippen LogP contribution in [0.4, 0.5) is 8.78 Å². The van der Waals surface area contributed by atoms with Gasteiger partial charge >= 0.3 is 5.97 Å². The number of benzene rings is 1. The topological polar surface area (TPSA) is 89.3 Å². The molecule has 0 fully saturated rings. The molecule has 0 aliphatic carbocycles. The molecule has 0 saturated heterocycles. The fourth-order valence-electron chi connectivity index (χ4n) is 1.72. The van der Waals surface area contributed by atoms with Crippen molar-refractivity contribution < 1.29 is 27.1 Å². The molecule has 0 aliphatic rings. The molecule has 9 heteroatoms. The molecule has 0 atom stereocenters. The molecule has 1 aromatic heterocycles. The zero-order chi connectivity index (χ0) is 15.6. The van der Waals surface area contributed by atoms with Gasteiger partial charge in [-0.1, -0.05) is 0 Å². The van der Waals surface area contributed by atoms with Crippen LogP contribution < -0.4 is 0 Å². The van der Waals surface area contributed by atoms with Crippen LogP contribution in [0.25, 0.3) is 0 Å². The predicted octanol–water partition coefficient (Wildman–Crippen LogP) is 1.33. The molecular formula is C12H10F2N2O4S. The Morgan fingerprint density at radius 2 is 2.05 bits per heavy atom. The molecule has 0 radical (unpaired) electrons. The van der Waals surface area contributed by atoms with Gasteiger partial charge in [-0.15, -0.1) is 0 Å². The number of aromatic nitrogens is 2. The summed E-state index contributed by atoms with van der Waals surface area (Å²) in [4.78, 5) is 13.7. The highest BCUT2D eigenvalue weighted by atomic mass is 32.2. The fourth-order valence-corrected chi connectivity index (χ4v) is 3.05. The van der Waals surface area contributed by atoms with Gasteiger partial charge in [-0.25, -0.2) is 27.0 Å². The molecule has 1 heterocycles. The van der Waals surface area contributed by atoms with Crippen molar-refractivity contribution >= 4 is 15.8 Å². The smallest absolute Gasteiger partial charge is 0.341 e. The Morgan fingerprint density at radius 3 is 2.62 bits per heavy atom. The number of carbonyl (C=O) groups is 1. The summed E-state index contributed by atoms with van der Waals surface area (Å²) in [5.41, 5.74) is -1.28. The first-order valence-corrected chi connectivity index (χ1v) is 7.38. The van der Waals surface area contributed by atoms with Crippen molar-refractivity contribution in [1.82, 2.24) is 9.55 Å². The average Bonchev–Trinajstić information content (AvgIpc) is 2.88. The molecule has 112 valence electrons. The van der Waals surface area contributed by atoms with E-state index in [-0.39, 0.29) is 6.54 Å². The van der Waals surface area contributed by atoms with Gasteiger partial charge in [0.15, 0.2) is 15.7 Å². The number of nitrogens with zero attached hydrogens (tertiary/aromatic N) is 2. The predicted molar refractivity (Wildman–Crippen MR) is 67.6 cm³/mol. The number of hydrogen-bond donors (Lipinski definition) is 1. The van der Waals surface area contributed by atoms with Crippen molar-refractivity contribution in [2.75, 3.05) is 5.75 Å². The summed E-state index contributed by atoms with van der Waals surface area (Å²) in [7, 11) is -4.09. The normalized spacial score (nSPS) is 11.5. The molecule has 21 heavy (non-hydrogen) atoms. The average molecular weight is 316 g/mol. The van der Waals surface area contributed by atoms with Gasteiger partial charge in [0.1, 0.15) is 16.3 Å². The number of halogens is 2. The fraction of sp³-hybridized carbons (Fsp3) is 0.167. The maximum atomic E-state index is 13.9. The van der Waals surface area contributed by atoms with Crippen LogP contribution in [0.15, 0.2) is 35.7 Å². The molecule has 0 amide bonds. The standard InChI is InChI=1S/C12H10F2N2O4S/c13-8-1-2-9(11(14)10(8)12(17)18)21(19,20)6-5-16-4-3-15-7-16/h1-4,7H,5-6H2,(H,17,18). The van der Waals surface area contributed by atoms with Gasteiger partial charge < -0.3 is 9.67 Å². The van der Waals surface area contributed by atoms with Crippen LogP contribution in [0.2, 0.25) is 0 Å². The number of carboxylic acid groups (broad SMARTS) is 1.